The lowest BCUT2D eigenvalue weighted by Gasteiger charge is -2.23. The highest BCUT2D eigenvalue weighted by Gasteiger charge is 2.29. The van der Waals surface area contributed by atoms with Crippen LogP contribution in [-0.2, 0) is 7.05 Å². The molecule has 1 saturated heterocycles. The molecule has 1 atom stereocenters. The van der Waals surface area contributed by atoms with Crippen LogP contribution >= 0.6 is 11.6 Å². The van der Waals surface area contributed by atoms with E-state index in [0.717, 1.165) is 24.7 Å². The van der Waals surface area contributed by atoms with E-state index in [4.69, 9.17) is 11.6 Å². The third kappa shape index (κ3) is 2.78. The maximum Gasteiger partial charge on any atom is 0.287 e. The zero-order valence-electron chi connectivity index (χ0n) is 11.9. The second kappa shape index (κ2) is 5.95. The topological polar surface area (TPSA) is 38.1 Å². The summed E-state index contributed by atoms with van der Waals surface area (Å²) in [5, 5.41) is 4.37. The quantitative estimate of drug-likeness (QED) is 0.853. The smallest absolute Gasteiger partial charge is 0.287 e. The van der Waals surface area contributed by atoms with Crippen molar-refractivity contribution >= 4 is 17.3 Å². The van der Waals surface area contributed by atoms with E-state index in [-0.39, 0.29) is 5.56 Å². The number of aryl methyl sites for hydroxylation is 1. The average Bonchev–Trinajstić information content (AvgIpc) is 2.87. The lowest BCUT2D eigenvalue weighted by Crippen LogP contribution is -2.27. The van der Waals surface area contributed by atoms with Crippen LogP contribution in [0, 0.1) is 11.8 Å². The van der Waals surface area contributed by atoms with Gasteiger partial charge in [-0.25, -0.2) is 4.68 Å². The Hall–Kier alpha value is -1.03. The molecule has 1 aliphatic rings. The fourth-order valence-electron chi connectivity index (χ4n) is 3.07. The number of hydrogen-bond donors (Lipinski definition) is 0. The van der Waals surface area contributed by atoms with E-state index < -0.39 is 0 Å². The van der Waals surface area contributed by atoms with Crippen molar-refractivity contribution in [3.63, 3.8) is 0 Å². The standard InChI is InChI=1S/C14H22ClN3O/c1-4-10(5-2)11-6-7-18(9-11)12-8-16-17(3)14(19)13(12)15/h8,10-11H,4-7,9H2,1-3H3. The lowest BCUT2D eigenvalue weighted by molar-refractivity contribution is 0.339. The van der Waals surface area contributed by atoms with Crippen LogP contribution in [0.1, 0.15) is 33.1 Å². The molecule has 1 unspecified atom stereocenters. The summed E-state index contributed by atoms with van der Waals surface area (Å²) in [6, 6.07) is 0. The average molecular weight is 284 g/mol. The minimum absolute atomic E-state index is 0.217. The molecule has 0 N–H and O–H groups in total. The molecule has 1 fully saturated rings. The molecule has 0 bridgehead atoms. The number of rotatable bonds is 4. The van der Waals surface area contributed by atoms with Crippen molar-refractivity contribution in [2.45, 2.75) is 33.1 Å². The molecule has 2 rings (SSSR count). The second-order valence-electron chi connectivity index (χ2n) is 5.34. The zero-order valence-corrected chi connectivity index (χ0v) is 12.7. The summed E-state index contributed by atoms with van der Waals surface area (Å²) in [6.07, 6.45) is 5.33. The molecule has 0 aliphatic carbocycles. The minimum atomic E-state index is -0.217. The maximum atomic E-state index is 11.8. The Labute approximate surface area is 119 Å². The first-order valence-corrected chi connectivity index (χ1v) is 7.43. The van der Waals surface area contributed by atoms with Gasteiger partial charge in [0.15, 0.2) is 0 Å². The first-order chi connectivity index (χ1) is 9.08. The van der Waals surface area contributed by atoms with E-state index >= 15 is 0 Å². The minimum Gasteiger partial charge on any atom is -0.369 e. The van der Waals surface area contributed by atoms with E-state index in [1.165, 1.54) is 23.9 Å². The molecule has 0 aromatic carbocycles. The Morgan fingerprint density at radius 3 is 2.79 bits per heavy atom. The molecule has 106 valence electrons. The first kappa shape index (κ1) is 14.4. The molecule has 1 aromatic heterocycles. The van der Waals surface area contributed by atoms with Crippen LogP contribution in [0.2, 0.25) is 5.02 Å². The van der Waals surface area contributed by atoms with Crippen LogP contribution in [0.15, 0.2) is 11.0 Å². The van der Waals surface area contributed by atoms with Crippen molar-refractivity contribution < 1.29 is 0 Å². The van der Waals surface area contributed by atoms with E-state index in [1.807, 2.05) is 0 Å². The van der Waals surface area contributed by atoms with Crippen LogP contribution in [-0.4, -0.2) is 22.9 Å². The molecule has 19 heavy (non-hydrogen) atoms. The van der Waals surface area contributed by atoms with E-state index in [9.17, 15) is 4.79 Å². The highest BCUT2D eigenvalue weighted by Crippen LogP contribution is 2.33. The van der Waals surface area contributed by atoms with E-state index in [1.54, 1.807) is 13.2 Å². The van der Waals surface area contributed by atoms with Crippen molar-refractivity contribution in [1.29, 1.82) is 0 Å². The summed E-state index contributed by atoms with van der Waals surface area (Å²) in [4.78, 5) is 14.0. The summed E-state index contributed by atoms with van der Waals surface area (Å²) >= 11 is 6.16. The van der Waals surface area contributed by atoms with Gasteiger partial charge in [0.2, 0.25) is 0 Å². The summed E-state index contributed by atoms with van der Waals surface area (Å²) in [5.41, 5.74) is 0.573. The fourth-order valence-corrected chi connectivity index (χ4v) is 3.36. The largest absolute Gasteiger partial charge is 0.369 e. The molecule has 0 spiro atoms. The Morgan fingerprint density at radius 2 is 2.16 bits per heavy atom. The second-order valence-corrected chi connectivity index (χ2v) is 5.72. The molecule has 1 aliphatic heterocycles. The van der Waals surface area contributed by atoms with Crippen molar-refractivity contribution in [3.8, 4) is 0 Å². The van der Waals surface area contributed by atoms with Crippen LogP contribution in [0.3, 0.4) is 0 Å². The number of halogens is 1. The van der Waals surface area contributed by atoms with Crippen LogP contribution in [0.5, 0.6) is 0 Å². The van der Waals surface area contributed by atoms with Crippen molar-refractivity contribution in [2.75, 3.05) is 18.0 Å². The Bertz CT molecular complexity index is 496. The number of aromatic nitrogens is 2. The molecule has 5 heteroatoms. The van der Waals surface area contributed by atoms with Gasteiger partial charge in [-0.2, -0.15) is 5.10 Å². The van der Waals surface area contributed by atoms with Gasteiger partial charge in [-0.3, -0.25) is 4.79 Å². The monoisotopic (exact) mass is 283 g/mol. The Balaban J connectivity index is 2.17. The highest BCUT2D eigenvalue weighted by atomic mass is 35.5. The van der Waals surface area contributed by atoms with Gasteiger partial charge in [0.25, 0.3) is 5.56 Å². The van der Waals surface area contributed by atoms with Crippen molar-refractivity contribution in [3.05, 3.63) is 21.6 Å². The van der Waals surface area contributed by atoms with E-state index in [2.05, 4.69) is 23.8 Å². The van der Waals surface area contributed by atoms with Crippen molar-refractivity contribution in [1.82, 2.24) is 9.78 Å². The summed E-state index contributed by atoms with van der Waals surface area (Å²) < 4.78 is 1.28. The van der Waals surface area contributed by atoms with Crippen LogP contribution in [0.4, 0.5) is 5.69 Å². The van der Waals surface area contributed by atoms with Gasteiger partial charge in [-0.1, -0.05) is 38.3 Å². The third-order valence-corrected chi connectivity index (χ3v) is 4.70. The SMILES string of the molecule is CCC(CC)C1CCN(c2cnn(C)c(=O)c2Cl)C1. The van der Waals surface area contributed by atoms with Crippen LogP contribution < -0.4 is 10.5 Å². The Kier molecular flexibility index (Phi) is 4.50. The van der Waals surface area contributed by atoms with Gasteiger partial charge in [0.1, 0.15) is 5.02 Å². The molecule has 0 saturated carbocycles. The van der Waals surface area contributed by atoms with Crippen LogP contribution in [0.25, 0.3) is 0 Å². The predicted molar refractivity (Wildman–Crippen MR) is 78.9 cm³/mol. The van der Waals surface area contributed by atoms with Gasteiger partial charge in [-0.15, -0.1) is 0 Å². The maximum absolute atomic E-state index is 11.8. The number of anilines is 1. The fraction of sp³-hybridized carbons (Fsp3) is 0.714. The lowest BCUT2D eigenvalue weighted by atomic mass is 9.87. The molecule has 1 aromatic rings. The number of nitrogens with zero attached hydrogens (tertiary/aromatic N) is 3. The first-order valence-electron chi connectivity index (χ1n) is 7.05. The zero-order chi connectivity index (χ0) is 14.0. The Morgan fingerprint density at radius 1 is 1.47 bits per heavy atom. The van der Waals surface area contributed by atoms with Gasteiger partial charge in [-0.05, 0) is 18.3 Å². The molecule has 0 amide bonds. The molecule has 2 heterocycles. The normalized spacial score (nSPS) is 19.4. The predicted octanol–water partition coefficient (Wildman–Crippen LogP) is 2.70. The summed E-state index contributed by atoms with van der Waals surface area (Å²) in [5.74, 6) is 1.47. The van der Waals surface area contributed by atoms with Gasteiger partial charge in [0, 0.05) is 20.1 Å². The molecule has 4 nitrogen and oxygen atoms in total. The molecule has 0 radical (unpaired) electrons. The summed E-state index contributed by atoms with van der Waals surface area (Å²) in [6.45, 7) is 6.46. The molecular formula is C14H22ClN3O. The van der Waals surface area contributed by atoms with Crippen molar-refractivity contribution in [2.24, 2.45) is 18.9 Å². The van der Waals surface area contributed by atoms with Gasteiger partial charge >= 0.3 is 0 Å². The van der Waals surface area contributed by atoms with Gasteiger partial charge < -0.3 is 4.90 Å². The molecular weight excluding hydrogens is 262 g/mol. The highest BCUT2D eigenvalue weighted by molar-refractivity contribution is 6.33. The van der Waals surface area contributed by atoms with E-state index in [0.29, 0.717) is 10.9 Å². The number of hydrogen-bond acceptors (Lipinski definition) is 3. The summed E-state index contributed by atoms with van der Waals surface area (Å²) in [7, 11) is 1.62. The third-order valence-electron chi connectivity index (χ3n) is 4.34. The van der Waals surface area contributed by atoms with Gasteiger partial charge in [0.05, 0.1) is 11.9 Å².